The Morgan fingerprint density at radius 1 is 1.41 bits per heavy atom. The van der Waals surface area contributed by atoms with E-state index in [2.05, 4.69) is 15.8 Å². The van der Waals surface area contributed by atoms with E-state index in [-0.39, 0.29) is 0 Å². The standard InChI is InChI=1S/C11H19N3O2S/c17-11(12-7-10-2-1-4-16-10)14-13-6-9-3-5-15-8-9/h6,9-10H,1-5,7-8H2,(H2,12,14,17)/b13-6+. The minimum absolute atomic E-state index is 0.293. The van der Waals surface area contributed by atoms with Crippen LogP contribution in [0.2, 0.25) is 0 Å². The summed E-state index contributed by atoms with van der Waals surface area (Å²) in [7, 11) is 0. The highest BCUT2D eigenvalue weighted by Gasteiger charge is 2.15. The SMILES string of the molecule is S=C(NCC1CCCO1)N/N=C/C1CCOC1. The minimum atomic E-state index is 0.293. The molecule has 0 amide bonds. The third-order valence-corrected chi connectivity index (χ3v) is 3.17. The van der Waals surface area contributed by atoms with Crippen molar-refractivity contribution < 1.29 is 9.47 Å². The van der Waals surface area contributed by atoms with Crippen LogP contribution in [0.1, 0.15) is 19.3 Å². The Hall–Kier alpha value is -0.720. The van der Waals surface area contributed by atoms with Crippen molar-refractivity contribution in [2.24, 2.45) is 11.0 Å². The maximum atomic E-state index is 5.48. The van der Waals surface area contributed by atoms with Crippen molar-refractivity contribution in [1.82, 2.24) is 10.7 Å². The molecule has 0 bridgehead atoms. The van der Waals surface area contributed by atoms with Crippen LogP contribution in [-0.2, 0) is 9.47 Å². The van der Waals surface area contributed by atoms with Crippen molar-refractivity contribution >= 4 is 23.5 Å². The molecule has 17 heavy (non-hydrogen) atoms. The van der Waals surface area contributed by atoms with E-state index >= 15 is 0 Å². The molecular formula is C11H19N3O2S. The fourth-order valence-corrected chi connectivity index (χ4v) is 2.06. The van der Waals surface area contributed by atoms with Gasteiger partial charge in [-0.05, 0) is 31.5 Å². The van der Waals surface area contributed by atoms with Gasteiger partial charge < -0.3 is 14.8 Å². The van der Waals surface area contributed by atoms with Gasteiger partial charge in [0.25, 0.3) is 0 Å². The fraction of sp³-hybridized carbons (Fsp3) is 0.818. The molecule has 2 fully saturated rings. The Morgan fingerprint density at radius 2 is 2.35 bits per heavy atom. The van der Waals surface area contributed by atoms with Crippen LogP contribution in [0.4, 0.5) is 0 Å². The molecule has 2 N–H and O–H groups in total. The van der Waals surface area contributed by atoms with E-state index in [0.29, 0.717) is 17.1 Å². The summed E-state index contributed by atoms with van der Waals surface area (Å²) in [6.45, 7) is 3.22. The molecule has 2 aliphatic rings. The van der Waals surface area contributed by atoms with E-state index in [0.717, 1.165) is 45.6 Å². The molecule has 2 unspecified atom stereocenters. The van der Waals surface area contributed by atoms with E-state index in [9.17, 15) is 0 Å². The van der Waals surface area contributed by atoms with Gasteiger partial charge in [-0.2, -0.15) is 5.10 Å². The summed E-state index contributed by atoms with van der Waals surface area (Å²) in [5.41, 5.74) is 2.81. The van der Waals surface area contributed by atoms with Gasteiger partial charge in [-0.15, -0.1) is 0 Å². The number of hydrogen-bond donors (Lipinski definition) is 2. The molecule has 0 aromatic carbocycles. The lowest BCUT2D eigenvalue weighted by Gasteiger charge is -2.11. The Kier molecular flexibility index (Phi) is 5.15. The number of nitrogens with one attached hydrogen (secondary N) is 2. The van der Waals surface area contributed by atoms with Gasteiger partial charge >= 0.3 is 0 Å². The summed E-state index contributed by atoms with van der Waals surface area (Å²) in [4.78, 5) is 0. The quantitative estimate of drug-likeness (QED) is 0.440. The molecule has 0 aromatic rings. The van der Waals surface area contributed by atoms with Crippen molar-refractivity contribution in [3.05, 3.63) is 0 Å². The van der Waals surface area contributed by atoms with Crippen molar-refractivity contribution in [2.45, 2.75) is 25.4 Å². The van der Waals surface area contributed by atoms with E-state index in [1.807, 2.05) is 6.21 Å². The maximum Gasteiger partial charge on any atom is 0.187 e. The molecule has 0 radical (unpaired) electrons. The second-order valence-electron chi connectivity index (χ2n) is 4.36. The fourth-order valence-electron chi connectivity index (χ4n) is 1.92. The van der Waals surface area contributed by atoms with Crippen LogP contribution in [-0.4, -0.2) is 43.8 Å². The first-order chi connectivity index (χ1) is 8.34. The van der Waals surface area contributed by atoms with Crippen LogP contribution in [0, 0.1) is 5.92 Å². The molecule has 0 aliphatic carbocycles. The Labute approximate surface area is 107 Å². The lowest BCUT2D eigenvalue weighted by atomic mass is 10.1. The van der Waals surface area contributed by atoms with Gasteiger partial charge in [-0.1, -0.05) is 0 Å². The predicted molar refractivity (Wildman–Crippen MR) is 70.1 cm³/mol. The zero-order valence-corrected chi connectivity index (χ0v) is 10.7. The molecule has 0 aromatic heterocycles. The van der Waals surface area contributed by atoms with Crippen LogP contribution in [0.15, 0.2) is 5.10 Å². The van der Waals surface area contributed by atoms with E-state index < -0.39 is 0 Å². The molecular weight excluding hydrogens is 238 g/mol. The maximum absolute atomic E-state index is 5.48. The van der Waals surface area contributed by atoms with Crippen LogP contribution in [0.3, 0.4) is 0 Å². The smallest absolute Gasteiger partial charge is 0.187 e. The minimum Gasteiger partial charge on any atom is -0.381 e. The van der Waals surface area contributed by atoms with Gasteiger partial charge in [0.2, 0.25) is 0 Å². The molecule has 2 saturated heterocycles. The summed E-state index contributed by atoms with van der Waals surface area (Å²) in [6, 6.07) is 0. The van der Waals surface area contributed by atoms with E-state index in [1.54, 1.807) is 0 Å². The third-order valence-electron chi connectivity index (χ3n) is 2.93. The molecule has 5 nitrogen and oxygen atoms in total. The summed E-state index contributed by atoms with van der Waals surface area (Å²) in [5, 5.41) is 7.75. The van der Waals surface area contributed by atoms with Crippen LogP contribution in [0.25, 0.3) is 0 Å². The summed E-state index contributed by atoms with van der Waals surface area (Å²) >= 11 is 5.11. The zero-order valence-electron chi connectivity index (χ0n) is 9.85. The average molecular weight is 257 g/mol. The topological polar surface area (TPSA) is 54.9 Å². The van der Waals surface area contributed by atoms with E-state index in [4.69, 9.17) is 21.7 Å². The Balaban J connectivity index is 1.56. The third kappa shape index (κ3) is 4.57. The number of rotatable bonds is 4. The number of nitrogens with zero attached hydrogens (tertiary/aromatic N) is 1. The first kappa shape index (κ1) is 12.7. The molecule has 2 aliphatic heterocycles. The lowest BCUT2D eigenvalue weighted by molar-refractivity contribution is 0.114. The van der Waals surface area contributed by atoms with Crippen molar-refractivity contribution in [3.63, 3.8) is 0 Å². The summed E-state index contributed by atoms with van der Waals surface area (Å²) in [6.07, 6.45) is 5.46. The number of ether oxygens (including phenoxy) is 2. The average Bonchev–Trinajstić information content (AvgIpc) is 2.99. The second kappa shape index (κ2) is 6.88. The first-order valence-electron chi connectivity index (χ1n) is 6.11. The molecule has 2 heterocycles. The predicted octanol–water partition coefficient (Wildman–Crippen LogP) is 0.652. The Morgan fingerprint density at radius 3 is 3.06 bits per heavy atom. The number of thiocarbonyl (C=S) groups is 1. The first-order valence-corrected chi connectivity index (χ1v) is 6.52. The molecule has 2 rings (SSSR count). The van der Waals surface area contributed by atoms with E-state index in [1.165, 1.54) is 0 Å². The van der Waals surface area contributed by atoms with Gasteiger partial charge in [0.05, 0.1) is 12.7 Å². The summed E-state index contributed by atoms with van der Waals surface area (Å²) < 4.78 is 10.7. The molecule has 6 heteroatoms. The molecule has 0 saturated carbocycles. The van der Waals surface area contributed by atoms with Crippen molar-refractivity contribution in [2.75, 3.05) is 26.4 Å². The number of hydrazone groups is 1. The van der Waals surface area contributed by atoms with Crippen molar-refractivity contribution in [1.29, 1.82) is 0 Å². The second-order valence-corrected chi connectivity index (χ2v) is 4.77. The highest BCUT2D eigenvalue weighted by atomic mass is 32.1. The van der Waals surface area contributed by atoms with Crippen LogP contribution < -0.4 is 10.7 Å². The highest BCUT2D eigenvalue weighted by Crippen LogP contribution is 2.10. The van der Waals surface area contributed by atoms with Crippen LogP contribution in [0.5, 0.6) is 0 Å². The Bertz CT molecular complexity index is 274. The zero-order chi connectivity index (χ0) is 11.9. The normalized spacial score (nSPS) is 28.7. The summed E-state index contributed by atoms with van der Waals surface area (Å²) in [5.74, 6) is 0.420. The van der Waals surface area contributed by atoms with Gasteiger partial charge in [0.15, 0.2) is 5.11 Å². The lowest BCUT2D eigenvalue weighted by Crippen LogP contribution is -2.37. The van der Waals surface area contributed by atoms with Gasteiger partial charge in [0, 0.05) is 31.9 Å². The molecule has 0 spiro atoms. The largest absolute Gasteiger partial charge is 0.381 e. The highest BCUT2D eigenvalue weighted by molar-refractivity contribution is 7.80. The van der Waals surface area contributed by atoms with Crippen molar-refractivity contribution in [3.8, 4) is 0 Å². The number of hydrogen-bond acceptors (Lipinski definition) is 4. The van der Waals surface area contributed by atoms with Gasteiger partial charge in [-0.3, -0.25) is 5.43 Å². The van der Waals surface area contributed by atoms with Gasteiger partial charge in [0.1, 0.15) is 0 Å². The molecule has 2 atom stereocenters. The van der Waals surface area contributed by atoms with Gasteiger partial charge in [-0.25, -0.2) is 0 Å². The molecule has 96 valence electrons. The van der Waals surface area contributed by atoms with Crippen LogP contribution >= 0.6 is 12.2 Å². The monoisotopic (exact) mass is 257 g/mol.